The average molecular weight is 165 g/mol. The molecule has 0 unspecified atom stereocenters. The third-order valence-corrected chi connectivity index (χ3v) is 2.78. The van der Waals surface area contributed by atoms with Crippen molar-refractivity contribution in [3.8, 4) is 6.07 Å². The molecule has 1 fully saturated rings. The van der Waals surface area contributed by atoms with Crippen LogP contribution in [0.15, 0.2) is 5.38 Å². The maximum absolute atomic E-state index is 8.90. The average Bonchev–Trinajstić information content (AvgIpc) is 2.39. The zero-order chi connectivity index (χ0) is 7.73. The highest BCUT2D eigenvalue weighted by molar-refractivity contribution is 7.03. The molecule has 1 heterocycles. The molecule has 0 aromatic carbocycles. The van der Waals surface area contributed by atoms with Crippen molar-refractivity contribution in [2.75, 3.05) is 0 Å². The van der Waals surface area contributed by atoms with E-state index in [0.29, 0.717) is 0 Å². The molecule has 1 aromatic heterocycles. The van der Waals surface area contributed by atoms with Gasteiger partial charge in [-0.05, 0) is 30.8 Å². The van der Waals surface area contributed by atoms with Gasteiger partial charge in [0.1, 0.15) is 5.41 Å². The molecule has 0 radical (unpaired) electrons. The summed E-state index contributed by atoms with van der Waals surface area (Å²) in [6.07, 6.45) is 3.05. The monoisotopic (exact) mass is 165 g/mol. The van der Waals surface area contributed by atoms with Crippen molar-refractivity contribution in [3.05, 3.63) is 11.1 Å². The van der Waals surface area contributed by atoms with Gasteiger partial charge >= 0.3 is 0 Å². The van der Waals surface area contributed by atoms with E-state index in [1.165, 1.54) is 11.5 Å². The van der Waals surface area contributed by atoms with Crippen LogP contribution in [0.4, 0.5) is 0 Å². The van der Waals surface area contributed by atoms with E-state index in [4.69, 9.17) is 5.26 Å². The van der Waals surface area contributed by atoms with Crippen LogP contribution in [0.5, 0.6) is 0 Å². The van der Waals surface area contributed by atoms with Crippen molar-refractivity contribution < 1.29 is 0 Å². The van der Waals surface area contributed by atoms with Crippen molar-refractivity contribution in [1.82, 2.24) is 9.59 Å². The Morgan fingerprint density at radius 2 is 2.45 bits per heavy atom. The van der Waals surface area contributed by atoms with Crippen molar-refractivity contribution in [1.29, 1.82) is 5.26 Å². The Labute approximate surface area is 68.8 Å². The molecule has 1 aliphatic carbocycles. The first-order valence-electron chi connectivity index (χ1n) is 3.56. The zero-order valence-electron chi connectivity index (χ0n) is 5.95. The maximum Gasteiger partial charge on any atom is 0.102 e. The number of hydrogen-bond donors (Lipinski definition) is 0. The lowest BCUT2D eigenvalue weighted by atomic mass is 9.68. The number of rotatable bonds is 1. The first kappa shape index (κ1) is 6.74. The molecule has 0 aliphatic heterocycles. The molecule has 0 saturated heterocycles. The predicted molar refractivity (Wildman–Crippen MR) is 41.1 cm³/mol. The smallest absolute Gasteiger partial charge is 0.102 e. The molecule has 0 spiro atoms. The molecule has 1 aromatic rings. The molecule has 0 N–H and O–H groups in total. The predicted octanol–water partition coefficient (Wildman–Crippen LogP) is 1.48. The number of hydrogen-bond acceptors (Lipinski definition) is 4. The fourth-order valence-corrected chi connectivity index (χ4v) is 1.88. The van der Waals surface area contributed by atoms with Crippen LogP contribution in [-0.4, -0.2) is 9.59 Å². The van der Waals surface area contributed by atoms with Crippen molar-refractivity contribution in [2.24, 2.45) is 0 Å². The first-order valence-corrected chi connectivity index (χ1v) is 4.40. The first-order chi connectivity index (χ1) is 5.37. The van der Waals surface area contributed by atoms with Gasteiger partial charge in [0.05, 0.1) is 11.8 Å². The molecule has 0 bridgehead atoms. The van der Waals surface area contributed by atoms with Crippen LogP contribution in [0.1, 0.15) is 25.0 Å². The summed E-state index contributed by atoms with van der Waals surface area (Å²) >= 11 is 1.32. The third-order valence-electron chi connectivity index (χ3n) is 2.27. The molecule has 11 heavy (non-hydrogen) atoms. The van der Waals surface area contributed by atoms with Crippen LogP contribution in [0.25, 0.3) is 0 Å². The van der Waals surface area contributed by atoms with E-state index in [2.05, 4.69) is 15.7 Å². The lowest BCUT2D eigenvalue weighted by Crippen LogP contribution is -2.32. The molecule has 1 saturated carbocycles. The fraction of sp³-hybridized carbons (Fsp3) is 0.571. The summed E-state index contributed by atoms with van der Waals surface area (Å²) in [5, 5.41) is 14.7. The Bertz CT molecular complexity index is 281. The zero-order valence-corrected chi connectivity index (χ0v) is 6.77. The summed E-state index contributed by atoms with van der Waals surface area (Å²) in [5.74, 6) is 0. The molecule has 2 rings (SSSR count). The lowest BCUT2D eigenvalue weighted by molar-refractivity contribution is 0.316. The minimum Gasteiger partial charge on any atom is -0.197 e. The van der Waals surface area contributed by atoms with Gasteiger partial charge in [-0.1, -0.05) is 4.49 Å². The van der Waals surface area contributed by atoms with Gasteiger partial charge in [-0.3, -0.25) is 0 Å². The molecule has 0 amide bonds. The van der Waals surface area contributed by atoms with E-state index in [9.17, 15) is 0 Å². The van der Waals surface area contributed by atoms with Gasteiger partial charge in [0.15, 0.2) is 0 Å². The van der Waals surface area contributed by atoms with Crippen LogP contribution in [-0.2, 0) is 5.41 Å². The van der Waals surface area contributed by atoms with Crippen LogP contribution in [0.3, 0.4) is 0 Å². The molecular weight excluding hydrogens is 158 g/mol. The Hall–Kier alpha value is -0.950. The van der Waals surface area contributed by atoms with Crippen LogP contribution < -0.4 is 0 Å². The molecule has 4 heteroatoms. The van der Waals surface area contributed by atoms with Gasteiger partial charge in [-0.2, -0.15) is 5.26 Å². The van der Waals surface area contributed by atoms with Crippen molar-refractivity contribution in [3.63, 3.8) is 0 Å². The summed E-state index contributed by atoms with van der Waals surface area (Å²) < 4.78 is 3.76. The molecule has 1 aliphatic rings. The molecule has 0 atom stereocenters. The highest BCUT2D eigenvalue weighted by Crippen LogP contribution is 2.42. The summed E-state index contributed by atoms with van der Waals surface area (Å²) in [7, 11) is 0. The van der Waals surface area contributed by atoms with Crippen LogP contribution in [0, 0.1) is 11.3 Å². The third kappa shape index (κ3) is 0.847. The lowest BCUT2D eigenvalue weighted by Gasteiger charge is -2.32. The normalized spacial score (nSPS) is 20.3. The van der Waals surface area contributed by atoms with E-state index < -0.39 is 0 Å². The summed E-state index contributed by atoms with van der Waals surface area (Å²) in [6, 6.07) is 2.32. The number of nitrogens with zero attached hydrogens (tertiary/aromatic N) is 3. The number of aromatic nitrogens is 2. The van der Waals surface area contributed by atoms with Crippen molar-refractivity contribution >= 4 is 11.5 Å². The van der Waals surface area contributed by atoms with E-state index in [1.54, 1.807) is 0 Å². The van der Waals surface area contributed by atoms with Gasteiger partial charge in [-0.15, -0.1) is 5.10 Å². The second kappa shape index (κ2) is 2.28. The molecule has 3 nitrogen and oxygen atoms in total. The fourth-order valence-electron chi connectivity index (χ4n) is 1.33. The van der Waals surface area contributed by atoms with Gasteiger partial charge in [0.2, 0.25) is 0 Å². The summed E-state index contributed by atoms with van der Waals surface area (Å²) in [4.78, 5) is 0. The topological polar surface area (TPSA) is 49.6 Å². The Morgan fingerprint density at radius 3 is 2.82 bits per heavy atom. The Morgan fingerprint density at radius 1 is 1.64 bits per heavy atom. The van der Waals surface area contributed by atoms with Crippen molar-refractivity contribution in [2.45, 2.75) is 24.7 Å². The van der Waals surface area contributed by atoms with E-state index in [-0.39, 0.29) is 5.41 Å². The standard InChI is InChI=1S/C7H7N3S/c8-5-7(2-1-3-7)6-4-11-10-9-6/h4H,1-3H2. The Balaban J connectivity index is 2.34. The van der Waals surface area contributed by atoms with Crippen LogP contribution >= 0.6 is 11.5 Å². The van der Waals surface area contributed by atoms with E-state index >= 15 is 0 Å². The van der Waals surface area contributed by atoms with Crippen LogP contribution in [0.2, 0.25) is 0 Å². The van der Waals surface area contributed by atoms with Gasteiger partial charge in [0, 0.05) is 5.38 Å². The summed E-state index contributed by atoms with van der Waals surface area (Å²) in [5.41, 5.74) is 0.601. The minimum absolute atomic E-state index is 0.271. The van der Waals surface area contributed by atoms with Gasteiger partial charge in [-0.25, -0.2) is 0 Å². The van der Waals surface area contributed by atoms with E-state index in [1.807, 2.05) is 5.38 Å². The Kier molecular flexibility index (Phi) is 1.40. The summed E-state index contributed by atoms with van der Waals surface area (Å²) in [6.45, 7) is 0. The quantitative estimate of drug-likeness (QED) is 0.633. The highest BCUT2D eigenvalue weighted by atomic mass is 32.1. The SMILES string of the molecule is N#CC1(c2csnn2)CCC1. The van der Waals surface area contributed by atoms with E-state index in [0.717, 1.165) is 25.0 Å². The second-order valence-corrected chi connectivity index (χ2v) is 3.45. The highest BCUT2D eigenvalue weighted by Gasteiger charge is 2.41. The van der Waals surface area contributed by atoms with Gasteiger partial charge < -0.3 is 0 Å². The maximum atomic E-state index is 8.90. The van der Waals surface area contributed by atoms with Gasteiger partial charge in [0.25, 0.3) is 0 Å². The second-order valence-electron chi connectivity index (χ2n) is 2.84. The largest absolute Gasteiger partial charge is 0.197 e. The minimum atomic E-state index is -0.271. The number of nitriles is 1. The molecule has 56 valence electrons. The molecular formula is C7H7N3S.